The number of aromatic nitrogens is 11. The first-order valence-corrected chi connectivity index (χ1v) is 43.8. The molecule has 5 fully saturated rings. The van der Waals surface area contributed by atoms with E-state index in [9.17, 15) is 53.7 Å². The number of ketones is 3. The van der Waals surface area contributed by atoms with Crippen LogP contribution in [0, 0.1) is 29.6 Å². The Labute approximate surface area is 735 Å². The van der Waals surface area contributed by atoms with Crippen molar-refractivity contribution in [2.24, 2.45) is 35.3 Å². The van der Waals surface area contributed by atoms with Crippen molar-refractivity contribution in [3.8, 4) is 11.3 Å². The highest BCUT2D eigenvalue weighted by molar-refractivity contribution is 6.39. The molecule has 127 heavy (non-hydrogen) atoms. The van der Waals surface area contributed by atoms with Crippen molar-refractivity contribution < 1.29 is 81.8 Å². The number of piperazine rings is 2. The lowest BCUT2D eigenvalue weighted by Crippen LogP contribution is -2.61. The number of carbonyl (C=O) groups is 8. The van der Waals surface area contributed by atoms with Crippen LogP contribution in [0.2, 0.25) is 0 Å². The molecule has 13 rings (SSSR count). The van der Waals surface area contributed by atoms with Crippen LogP contribution in [0.15, 0.2) is 114 Å². The molecule has 7 aromatic rings. The summed E-state index contributed by atoms with van der Waals surface area (Å²) in [6.07, 6.45) is 18.5. The number of nitrogens with zero attached hydrogens (tertiary/aromatic N) is 16. The van der Waals surface area contributed by atoms with E-state index in [2.05, 4.69) is 55.5 Å². The number of allylic oxidation sites excluding steroid dienone is 6. The quantitative estimate of drug-likeness (QED) is 0.0195. The number of amides is 4. The molecule has 11 N–H and O–H groups in total. The first kappa shape index (κ1) is 93.0. The second kappa shape index (κ2) is 42.3. The van der Waals surface area contributed by atoms with Crippen molar-refractivity contribution in [2.75, 3.05) is 106 Å². The highest BCUT2D eigenvalue weighted by Crippen LogP contribution is 2.39. The monoisotopic (exact) mass is 1750 g/mol. The smallest absolute Gasteiger partial charge is 0.407 e. The summed E-state index contributed by atoms with van der Waals surface area (Å²) < 4.78 is 37.4. The molecule has 6 aromatic heterocycles. The summed E-state index contributed by atoms with van der Waals surface area (Å²) in [5, 5.41) is 45.9. The number of aryl methyl sites for hydroxylation is 1. The Kier molecular flexibility index (Phi) is 31.0. The maximum absolute atomic E-state index is 14.7. The minimum atomic E-state index is -2.52. The molecule has 15 atom stereocenters. The number of anilines is 5. The zero-order valence-electron chi connectivity index (χ0n) is 73.1. The largest absolute Gasteiger partial charge is 0.459 e. The number of piperidine rings is 1. The van der Waals surface area contributed by atoms with Gasteiger partial charge in [-0.3, -0.25) is 28.8 Å². The topological polar surface area (TPSA) is 509 Å². The number of nitrogens with two attached hydrogens (primary N) is 3. The number of esters is 1. The standard InChI is InChI=1S/C89H117N21O17/c1-51-16-10-9-11-17-52(2)69(122-7)41-62-22-19-56(6)89(121,127-62)77(115)82(118)109-26-14-12-18-65(109)83(119)124-70(42-66(111)53(3)37-55(5)75(113)76(114)74(112)54(4)36-51)63(90)38-57-20-23-68(71(39-57)123-8)126-88(120)100-45-58-43-94-85(95-44-58)107-32-34-108(35-33-107)87-98-48-61(49-99-87)81(117)105-28-30-106(31-29-105)86-96-46-60(47-97-86)80(116)93-25-13-15-27-110-79-72(78(91)101-50-102-79)73(104-110)59-21-24-67-64(40-59)103-84(92)125-67/h9-11,16-17,21,24,37,40,43-44,46-51,53-54,56-57,62-63,65,68-71,75-76,113-114,121H,12-15,18-20,22-23,25-36,38-39,41-42,45,90H2,1-8H3,(H2,92,103)(H,93,116)(H,100,120)(H2,91,101,102)/b11-9?,16-10+,52-17?,55-37+/t51-,53-,54-,56-,57+,62+,63-,65+,68-,69+,70+,71-,75-,76+,89-/m1/s1. The number of carbonyl (C=O) groups excluding carboxylic acids is 8. The fourth-order valence-corrected chi connectivity index (χ4v) is 17.5. The van der Waals surface area contributed by atoms with Gasteiger partial charge in [-0.25, -0.2) is 54.1 Å². The predicted molar refractivity (Wildman–Crippen MR) is 468 cm³/mol. The fraction of sp³-hybridized carbons (Fsp3) is 0.551. The maximum atomic E-state index is 14.7. The Morgan fingerprint density at radius 3 is 2.07 bits per heavy atom. The molecular formula is C89H117N21O17. The molecule has 0 radical (unpaired) electrons. The Balaban J connectivity index is 0.548. The number of methoxy groups -OCH3 is 2. The van der Waals surface area contributed by atoms with E-state index in [-0.39, 0.29) is 67.6 Å². The van der Waals surface area contributed by atoms with Crippen molar-refractivity contribution in [3.63, 3.8) is 0 Å². The van der Waals surface area contributed by atoms with E-state index in [4.69, 9.17) is 50.4 Å². The fourth-order valence-electron chi connectivity index (χ4n) is 17.5. The van der Waals surface area contributed by atoms with Gasteiger partial charge in [0.15, 0.2) is 17.0 Å². The Morgan fingerprint density at radius 1 is 0.709 bits per heavy atom. The van der Waals surface area contributed by atoms with Crippen LogP contribution < -0.4 is 42.5 Å². The molecule has 0 spiro atoms. The first-order valence-electron chi connectivity index (χ1n) is 43.8. The number of unbranched alkanes of at least 4 members (excludes halogenated alkanes) is 1. The average Bonchev–Trinajstić information content (AvgIpc) is 1.21. The Hall–Kier alpha value is -11.7. The lowest BCUT2D eigenvalue weighted by atomic mass is 9.80. The van der Waals surface area contributed by atoms with Gasteiger partial charge in [0.05, 0.1) is 34.8 Å². The molecule has 5 aliphatic heterocycles. The number of cyclic esters (lactones) is 1. The molecule has 11 heterocycles. The van der Waals surface area contributed by atoms with Gasteiger partial charge in [0, 0.05) is 178 Å². The number of fused-ring (bicyclic) bond motifs is 5. The highest BCUT2D eigenvalue weighted by atomic mass is 16.6. The summed E-state index contributed by atoms with van der Waals surface area (Å²) >= 11 is 0. The van der Waals surface area contributed by atoms with Crippen LogP contribution in [-0.2, 0) is 60.7 Å². The number of nitrogens with one attached hydrogen (secondary N) is 2. The van der Waals surface area contributed by atoms with Gasteiger partial charge in [0.25, 0.3) is 29.5 Å². The average molecular weight is 1750 g/mol. The van der Waals surface area contributed by atoms with E-state index in [0.29, 0.717) is 198 Å². The van der Waals surface area contributed by atoms with Crippen LogP contribution in [-0.4, -0.2) is 267 Å². The second-order valence-corrected chi connectivity index (χ2v) is 34.2. The van der Waals surface area contributed by atoms with Crippen LogP contribution in [0.5, 0.6) is 0 Å². The SMILES string of the molecule is CO[C@H]1C[C@@H]2CC[C@@H](C)[C@@](O)(O2)C(=O)C(=O)N2CCCC[C@H]2C(=O)O[C@H]([C@H](N)C[C@@H]2CC[C@@H](OC(=O)NCc3cnc(N4CCN(c5ncc(C(=O)N6CCN(c7ncc(C(=O)NCCCCn8nc(-c9ccc%10oc(N)nc%10c9)c9c(N)ncnc98)cn7)CC6)cn5)CC4)nc3)[C@H](OC)C2)CC(=O)[C@H](C)/C=C(\C)[C@@H](O)[C@@H](O)C(=O)[C@H](C)C[C@H](C)/C=C/C=CC=C1C. The Bertz CT molecular complexity index is 5170. The molecule has 1 aromatic carbocycles. The number of rotatable bonds is 19. The third-order valence-electron chi connectivity index (χ3n) is 25.2. The minimum Gasteiger partial charge on any atom is -0.459 e. The van der Waals surface area contributed by atoms with Gasteiger partial charge in [-0.1, -0.05) is 64.2 Å². The summed E-state index contributed by atoms with van der Waals surface area (Å²) in [6.45, 7) is 15.1. The molecule has 680 valence electrons. The maximum Gasteiger partial charge on any atom is 0.407 e. The van der Waals surface area contributed by atoms with E-state index < -0.39 is 120 Å². The number of benzene rings is 1. The molecule has 4 amide bonds. The van der Waals surface area contributed by atoms with E-state index in [1.54, 1.807) is 68.3 Å². The predicted octanol–water partition coefficient (Wildman–Crippen LogP) is 6.13. The van der Waals surface area contributed by atoms with Crippen LogP contribution in [0.25, 0.3) is 33.4 Å². The molecule has 6 aliphatic rings. The van der Waals surface area contributed by atoms with E-state index >= 15 is 0 Å². The summed E-state index contributed by atoms with van der Waals surface area (Å²) in [6, 6.07) is 3.23. The van der Waals surface area contributed by atoms with Crippen molar-refractivity contribution in [3.05, 3.63) is 126 Å². The molecule has 1 saturated carbocycles. The summed E-state index contributed by atoms with van der Waals surface area (Å²) in [5.74, 6) is -8.21. The van der Waals surface area contributed by atoms with E-state index in [0.717, 1.165) is 16.0 Å². The lowest BCUT2D eigenvalue weighted by molar-refractivity contribution is -0.265. The second-order valence-electron chi connectivity index (χ2n) is 34.2. The summed E-state index contributed by atoms with van der Waals surface area (Å²) in [5.41, 5.74) is 24.5. The van der Waals surface area contributed by atoms with E-state index in [1.807, 2.05) is 71.1 Å². The van der Waals surface area contributed by atoms with Gasteiger partial charge < -0.3 is 95.8 Å². The van der Waals surface area contributed by atoms with Crippen LogP contribution in [0.4, 0.5) is 34.5 Å². The van der Waals surface area contributed by atoms with Gasteiger partial charge in [0.1, 0.15) is 59.6 Å². The van der Waals surface area contributed by atoms with Crippen molar-refractivity contribution >= 4 is 98.9 Å². The highest BCUT2D eigenvalue weighted by Gasteiger charge is 2.53. The molecular weight excluding hydrogens is 1640 g/mol. The third kappa shape index (κ3) is 22.7. The van der Waals surface area contributed by atoms with Crippen molar-refractivity contribution in [1.82, 2.24) is 75.1 Å². The van der Waals surface area contributed by atoms with Crippen LogP contribution >= 0.6 is 0 Å². The number of Topliss-reactive ketones (excluding diaryl/α,β-unsaturated/α-hetero) is 3. The number of hydrogen-bond acceptors (Lipinski definition) is 33. The molecule has 4 saturated heterocycles. The minimum absolute atomic E-state index is 0.0118. The normalized spacial score (nSPS) is 27.2. The zero-order chi connectivity index (χ0) is 90.3. The number of oxazole rings is 1. The van der Waals surface area contributed by atoms with Gasteiger partial charge in [0.2, 0.25) is 23.6 Å². The number of ether oxygens (including phenoxy) is 5. The Morgan fingerprint density at radius 2 is 1.39 bits per heavy atom. The number of aliphatic hydroxyl groups is 3. The van der Waals surface area contributed by atoms with E-state index in [1.165, 1.54) is 38.8 Å². The summed E-state index contributed by atoms with van der Waals surface area (Å²) in [4.78, 5) is 161. The molecule has 38 nitrogen and oxygen atoms in total. The third-order valence-corrected chi connectivity index (χ3v) is 25.2. The molecule has 2 bridgehead atoms. The zero-order valence-corrected chi connectivity index (χ0v) is 73.1. The number of alkyl carbamates (subject to hydrolysis) is 1. The van der Waals surface area contributed by atoms with Gasteiger partial charge >= 0.3 is 12.1 Å². The molecule has 1 aliphatic carbocycles. The first-order chi connectivity index (χ1) is 61.0. The van der Waals surface area contributed by atoms with Gasteiger partial charge in [-0.15, -0.1) is 0 Å². The van der Waals surface area contributed by atoms with Crippen molar-refractivity contribution in [2.45, 2.75) is 205 Å². The van der Waals surface area contributed by atoms with Crippen LogP contribution in [0.1, 0.15) is 158 Å². The number of aliphatic hydroxyl groups excluding tert-OH is 2. The number of nitrogen functional groups attached to an aromatic ring is 2. The molecule has 0 unspecified atom stereocenters. The summed E-state index contributed by atoms with van der Waals surface area (Å²) in [7, 11) is 3.06. The van der Waals surface area contributed by atoms with Crippen LogP contribution in [0.3, 0.4) is 0 Å². The van der Waals surface area contributed by atoms with Gasteiger partial charge in [-0.05, 0) is 132 Å². The lowest BCUT2D eigenvalue weighted by Gasteiger charge is -2.42. The van der Waals surface area contributed by atoms with Gasteiger partial charge in [-0.2, -0.15) is 10.1 Å². The molecule has 38 heteroatoms. The number of hydrogen-bond donors (Lipinski definition) is 8. The van der Waals surface area contributed by atoms with Crippen molar-refractivity contribution in [1.29, 1.82) is 0 Å².